The number of allylic oxidation sites excluding steroid dienone is 1. The smallest absolute Gasteiger partial charge is 0.229 e. The Balaban J connectivity index is 1.43. The highest BCUT2D eigenvalue weighted by atomic mass is 16.7. The van der Waals surface area contributed by atoms with Gasteiger partial charge in [0.1, 0.15) is 42.7 Å². The number of aromatic hydroxyl groups is 3. The van der Waals surface area contributed by atoms with Crippen LogP contribution >= 0.6 is 0 Å². The third kappa shape index (κ3) is 6.59. The molecular formula is C27H32O15. The van der Waals surface area contributed by atoms with Gasteiger partial charge in [-0.1, -0.05) is 12.1 Å². The van der Waals surface area contributed by atoms with Gasteiger partial charge in [-0.3, -0.25) is 4.79 Å². The molecule has 15 nitrogen and oxygen atoms in total. The summed E-state index contributed by atoms with van der Waals surface area (Å²) in [6, 6.07) is 6.66. The van der Waals surface area contributed by atoms with Gasteiger partial charge in [0.15, 0.2) is 35.1 Å². The van der Waals surface area contributed by atoms with E-state index in [1.807, 2.05) is 0 Å². The predicted molar refractivity (Wildman–Crippen MR) is 139 cm³/mol. The first-order chi connectivity index (χ1) is 19.9. The normalized spacial score (nSPS) is 31.6. The van der Waals surface area contributed by atoms with Crippen LogP contribution in [0.5, 0.6) is 28.7 Å². The standard InChI is InChI=1S/C27H32O15/c1-38-16-6-3-11(8-14(16)29)2-5-13(28)12-4-7-17(21(33)19(12)31)41-27-25(37)23(35)22(34)18(42-27)10-40-26-24(36)20(32)15(30)9-39-26/h2-8,15,18,20,22-27,29-37H,9-10H2,1H3/b5-2+/t15-,18+,20-,22-,23+,24+,25-,26-,27-/m1/s1. The molecule has 2 aliphatic heterocycles. The average molecular weight is 597 g/mol. The fourth-order valence-electron chi connectivity index (χ4n) is 4.32. The summed E-state index contributed by atoms with van der Waals surface area (Å²) in [5, 5.41) is 91.2. The maximum atomic E-state index is 12.7. The number of aliphatic hydroxyl groups excluding tert-OH is 6. The number of carbonyl (C=O) groups excluding carboxylic acids is 1. The third-order valence-corrected chi connectivity index (χ3v) is 6.80. The van der Waals surface area contributed by atoms with Crippen LogP contribution in [0.3, 0.4) is 0 Å². The first kappa shape index (κ1) is 31.4. The summed E-state index contributed by atoms with van der Waals surface area (Å²) >= 11 is 0. The van der Waals surface area contributed by atoms with E-state index in [0.29, 0.717) is 5.56 Å². The SMILES string of the molecule is COc1ccc(/C=C/C(=O)c2ccc(O[C@@H]3O[C@@H](CO[C@H]4OC[C@@H](O)[C@@H](O)[C@@H]4O)[C@@H](O)[C@H](O)[C@H]3O)c(O)c2O)cc1O. The van der Waals surface area contributed by atoms with E-state index in [4.69, 9.17) is 23.7 Å². The molecule has 0 aromatic heterocycles. The van der Waals surface area contributed by atoms with Crippen molar-refractivity contribution in [2.24, 2.45) is 0 Å². The highest BCUT2D eigenvalue weighted by Gasteiger charge is 2.46. The summed E-state index contributed by atoms with van der Waals surface area (Å²) in [6.07, 6.45) is -11.9. The van der Waals surface area contributed by atoms with Crippen LogP contribution in [0.4, 0.5) is 0 Å². The molecule has 4 rings (SSSR count). The lowest BCUT2D eigenvalue weighted by Gasteiger charge is -2.41. The highest BCUT2D eigenvalue weighted by molar-refractivity contribution is 6.09. The van der Waals surface area contributed by atoms with Crippen LogP contribution in [-0.4, -0.2) is 127 Å². The minimum Gasteiger partial charge on any atom is -0.504 e. The van der Waals surface area contributed by atoms with Gasteiger partial charge >= 0.3 is 0 Å². The molecular weight excluding hydrogens is 564 g/mol. The topological polar surface area (TPSA) is 245 Å². The minimum atomic E-state index is -1.84. The summed E-state index contributed by atoms with van der Waals surface area (Å²) in [6.45, 7) is -0.871. The average Bonchev–Trinajstić information content (AvgIpc) is 2.97. The number of aliphatic hydroxyl groups is 6. The van der Waals surface area contributed by atoms with E-state index in [1.165, 1.54) is 25.3 Å². The van der Waals surface area contributed by atoms with Gasteiger partial charge in [-0.15, -0.1) is 0 Å². The summed E-state index contributed by atoms with van der Waals surface area (Å²) in [7, 11) is 1.38. The fraction of sp³-hybridized carbons (Fsp3) is 0.444. The first-order valence-electron chi connectivity index (χ1n) is 12.7. The Kier molecular flexibility index (Phi) is 9.88. The summed E-state index contributed by atoms with van der Waals surface area (Å²) in [5.41, 5.74) is 0.144. The zero-order valence-corrected chi connectivity index (χ0v) is 22.1. The minimum absolute atomic E-state index is 0.147. The molecule has 0 aliphatic carbocycles. The molecule has 2 heterocycles. The Morgan fingerprint density at radius 3 is 2.26 bits per heavy atom. The Labute approximate surface area is 238 Å². The highest BCUT2D eigenvalue weighted by Crippen LogP contribution is 2.40. The van der Waals surface area contributed by atoms with Gasteiger partial charge in [0.25, 0.3) is 0 Å². The molecule has 0 saturated carbocycles. The van der Waals surface area contributed by atoms with Crippen LogP contribution in [0, 0.1) is 0 Å². The van der Waals surface area contributed by atoms with E-state index in [0.717, 1.165) is 18.2 Å². The van der Waals surface area contributed by atoms with Crippen molar-refractivity contribution in [2.45, 2.75) is 55.3 Å². The summed E-state index contributed by atoms with van der Waals surface area (Å²) in [5.74, 6) is -2.79. The Morgan fingerprint density at radius 2 is 1.57 bits per heavy atom. The van der Waals surface area contributed by atoms with E-state index in [1.54, 1.807) is 6.07 Å². The Bertz CT molecular complexity index is 1280. The maximum Gasteiger partial charge on any atom is 0.229 e. The van der Waals surface area contributed by atoms with Gasteiger partial charge in [0, 0.05) is 0 Å². The lowest BCUT2D eigenvalue weighted by molar-refractivity contribution is -0.307. The molecule has 0 radical (unpaired) electrons. The maximum absolute atomic E-state index is 12.7. The van der Waals surface area contributed by atoms with Crippen LogP contribution in [0.2, 0.25) is 0 Å². The lowest BCUT2D eigenvalue weighted by Crippen LogP contribution is -2.61. The molecule has 2 aromatic carbocycles. The van der Waals surface area contributed by atoms with Gasteiger partial charge in [-0.25, -0.2) is 0 Å². The van der Waals surface area contributed by atoms with E-state index in [9.17, 15) is 50.8 Å². The molecule has 0 bridgehead atoms. The number of methoxy groups -OCH3 is 1. The molecule has 2 saturated heterocycles. The van der Waals surface area contributed by atoms with E-state index in [-0.39, 0.29) is 23.7 Å². The molecule has 0 spiro atoms. The molecule has 2 fully saturated rings. The Hall–Kier alpha value is -3.51. The summed E-state index contributed by atoms with van der Waals surface area (Å²) < 4.78 is 26.3. The quantitative estimate of drug-likeness (QED) is 0.0894. The van der Waals surface area contributed by atoms with Gasteiger partial charge in [0.05, 0.1) is 25.9 Å². The van der Waals surface area contributed by atoms with Crippen molar-refractivity contribution >= 4 is 11.9 Å². The van der Waals surface area contributed by atoms with Crippen molar-refractivity contribution in [3.63, 3.8) is 0 Å². The number of hydrogen-bond acceptors (Lipinski definition) is 15. The van der Waals surface area contributed by atoms with Crippen LogP contribution in [0.1, 0.15) is 15.9 Å². The van der Waals surface area contributed by atoms with E-state index in [2.05, 4.69) is 0 Å². The Morgan fingerprint density at radius 1 is 0.881 bits per heavy atom. The fourth-order valence-corrected chi connectivity index (χ4v) is 4.32. The molecule has 15 heteroatoms. The molecule has 9 atom stereocenters. The van der Waals surface area contributed by atoms with Crippen molar-refractivity contribution in [2.75, 3.05) is 20.3 Å². The van der Waals surface area contributed by atoms with Gasteiger partial charge in [0.2, 0.25) is 12.0 Å². The van der Waals surface area contributed by atoms with Crippen molar-refractivity contribution in [1.82, 2.24) is 0 Å². The lowest BCUT2D eigenvalue weighted by atomic mass is 9.99. The van der Waals surface area contributed by atoms with Gasteiger partial charge in [-0.05, 0) is 35.9 Å². The second kappa shape index (κ2) is 13.2. The first-order valence-corrected chi connectivity index (χ1v) is 12.7. The summed E-state index contributed by atoms with van der Waals surface area (Å²) in [4.78, 5) is 12.7. The number of phenols is 3. The monoisotopic (exact) mass is 596 g/mol. The van der Waals surface area contributed by atoms with Crippen LogP contribution in [0.25, 0.3) is 6.08 Å². The van der Waals surface area contributed by atoms with Crippen LogP contribution < -0.4 is 9.47 Å². The van der Waals surface area contributed by atoms with E-state index >= 15 is 0 Å². The number of ether oxygens (including phenoxy) is 5. The number of carbonyl (C=O) groups is 1. The molecule has 9 N–H and O–H groups in total. The largest absolute Gasteiger partial charge is 0.504 e. The molecule has 230 valence electrons. The number of hydrogen-bond donors (Lipinski definition) is 9. The number of phenolic OH excluding ortho intramolecular Hbond substituents is 3. The molecule has 0 unspecified atom stereocenters. The van der Waals surface area contributed by atoms with Crippen molar-refractivity contribution < 1.29 is 74.4 Å². The van der Waals surface area contributed by atoms with Gasteiger partial charge < -0.3 is 69.6 Å². The van der Waals surface area contributed by atoms with Crippen LogP contribution in [0.15, 0.2) is 36.4 Å². The zero-order chi connectivity index (χ0) is 30.7. The number of benzene rings is 2. The predicted octanol–water partition coefficient (Wildman–Crippen LogP) is -1.65. The van der Waals surface area contributed by atoms with Gasteiger partial charge in [-0.2, -0.15) is 0 Å². The molecule has 0 amide bonds. The van der Waals surface area contributed by atoms with Crippen molar-refractivity contribution in [3.8, 4) is 28.7 Å². The number of ketones is 1. The number of rotatable bonds is 9. The van der Waals surface area contributed by atoms with Crippen molar-refractivity contribution in [3.05, 3.63) is 47.5 Å². The molecule has 42 heavy (non-hydrogen) atoms. The second-order valence-corrected chi connectivity index (χ2v) is 9.65. The van der Waals surface area contributed by atoms with Crippen LogP contribution in [-0.2, 0) is 14.2 Å². The van der Waals surface area contributed by atoms with E-state index < -0.39 is 84.9 Å². The second-order valence-electron chi connectivity index (χ2n) is 9.65. The molecule has 2 aromatic rings. The van der Waals surface area contributed by atoms with Crippen molar-refractivity contribution in [1.29, 1.82) is 0 Å². The third-order valence-electron chi connectivity index (χ3n) is 6.80. The molecule has 2 aliphatic rings. The zero-order valence-electron chi connectivity index (χ0n) is 22.1.